The van der Waals surface area contributed by atoms with Crippen molar-refractivity contribution < 1.29 is 44.2 Å². The highest BCUT2D eigenvalue weighted by Crippen LogP contribution is 2.24. The Labute approximate surface area is 215 Å². The number of rotatable bonds is 23. The summed E-state index contributed by atoms with van der Waals surface area (Å²) in [5.41, 5.74) is 0. The predicted octanol–water partition coefficient (Wildman–Crippen LogP) is 4.22. The Kier molecular flexibility index (Phi) is 18.1. The summed E-state index contributed by atoms with van der Waals surface area (Å²) in [4.78, 5) is 23.7. The highest BCUT2D eigenvalue weighted by atomic mass is 16.6. The number of aliphatic hydroxyl groups is 4. The molecule has 4 N–H and O–H groups in total. The normalized spacial score (nSPS) is 17.2. The zero-order chi connectivity index (χ0) is 26.6. The van der Waals surface area contributed by atoms with Crippen LogP contribution in [0.25, 0.3) is 0 Å². The molecule has 0 aromatic heterocycles. The molecule has 1 aliphatic heterocycles. The molecule has 1 aliphatic rings. The van der Waals surface area contributed by atoms with Gasteiger partial charge in [0.05, 0.1) is 6.61 Å². The van der Waals surface area contributed by atoms with Crippen molar-refractivity contribution in [3.05, 3.63) is 11.5 Å². The first kappa shape index (κ1) is 32.2. The van der Waals surface area contributed by atoms with Gasteiger partial charge in [-0.25, -0.2) is 4.79 Å². The third-order valence-corrected chi connectivity index (χ3v) is 6.30. The third-order valence-electron chi connectivity index (χ3n) is 6.30. The maximum absolute atomic E-state index is 11.9. The zero-order valence-electron chi connectivity index (χ0n) is 22.0. The highest BCUT2D eigenvalue weighted by Gasteiger charge is 2.41. The van der Waals surface area contributed by atoms with E-state index in [9.17, 15) is 24.9 Å². The van der Waals surface area contributed by atoms with Crippen molar-refractivity contribution in [3.63, 3.8) is 0 Å². The molecule has 0 aromatic rings. The number of carbonyl (C=O) groups excluding carboxylic acids is 2. The summed E-state index contributed by atoms with van der Waals surface area (Å²) >= 11 is 0. The molecule has 0 saturated heterocycles. The molecule has 0 aromatic carbocycles. The van der Waals surface area contributed by atoms with E-state index in [0.29, 0.717) is 6.42 Å². The number of hydrogen-bond donors (Lipinski definition) is 4. The van der Waals surface area contributed by atoms with Gasteiger partial charge in [0.2, 0.25) is 5.76 Å². The summed E-state index contributed by atoms with van der Waals surface area (Å²) in [6, 6.07) is 0. The summed E-state index contributed by atoms with van der Waals surface area (Å²) in [6.45, 7) is 0.801. The van der Waals surface area contributed by atoms with Gasteiger partial charge in [-0.2, -0.15) is 0 Å². The van der Waals surface area contributed by atoms with E-state index in [1.165, 1.54) is 77.0 Å². The van der Waals surface area contributed by atoms with Crippen LogP contribution in [0, 0.1) is 0 Å². The number of unbranched alkanes of at least 4 members (excludes halogenated alkanes) is 14. The monoisotopic (exact) mass is 516 g/mol. The summed E-state index contributed by atoms with van der Waals surface area (Å²) < 4.78 is 14.9. The first-order chi connectivity index (χ1) is 17.4. The van der Waals surface area contributed by atoms with Gasteiger partial charge in [-0.1, -0.05) is 96.8 Å². The first-order valence-corrected chi connectivity index (χ1v) is 13.8. The smallest absolute Gasteiger partial charge is 0.378 e. The molecule has 0 bridgehead atoms. The maximum atomic E-state index is 11.9. The Morgan fingerprint density at radius 1 is 0.861 bits per heavy atom. The second-order valence-corrected chi connectivity index (χ2v) is 9.64. The standard InChI is InChI=1S/C27H48O9/c1-2-3-4-5-6-7-8-9-10-11-12-13-14-15-16-17-23(31)34-20-22(30)25-24(32)26(27(33)36-25)35-19-21(29)18-28/h21-22,25,28-30,32H,2-20H2,1H3/t21?,22-,25+/m0/s1. The van der Waals surface area contributed by atoms with Gasteiger partial charge in [0, 0.05) is 6.42 Å². The fraction of sp³-hybridized carbons (Fsp3) is 0.852. The topological polar surface area (TPSA) is 143 Å². The molecule has 9 nitrogen and oxygen atoms in total. The minimum Gasteiger partial charge on any atom is -0.505 e. The van der Waals surface area contributed by atoms with Crippen LogP contribution in [-0.4, -0.2) is 70.5 Å². The molecular formula is C27H48O9. The molecule has 1 heterocycles. The lowest BCUT2D eigenvalue weighted by atomic mass is 10.0. The molecular weight excluding hydrogens is 468 g/mol. The number of carbonyl (C=O) groups is 2. The van der Waals surface area contributed by atoms with E-state index < -0.39 is 61.6 Å². The van der Waals surface area contributed by atoms with Gasteiger partial charge in [-0.05, 0) is 6.42 Å². The molecule has 9 heteroatoms. The zero-order valence-corrected chi connectivity index (χ0v) is 22.0. The lowest BCUT2D eigenvalue weighted by Crippen LogP contribution is -2.33. The van der Waals surface area contributed by atoms with Crippen LogP contribution in [0.2, 0.25) is 0 Å². The quantitative estimate of drug-likeness (QED) is 0.116. The van der Waals surface area contributed by atoms with Crippen LogP contribution in [0.1, 0.15) is 110 Å². The maximum Gasteiger partial charge on any atom is 0.378 e. The minimum atomic E-state index is -1.46. The van der Waals surface area contributed by atoms with Crippen LogP contribution < -0.4 is 0 Å². The van der Waals surface area contributed by atoms with Gasteiger partial charge in [0.1, 0.15) is 25.4 Å². The molecule has 0 aliphatic carbocycles. The number of aliphatic hydroxyl groups excluding tert-OH is 4. The summed E-state index contributed by atoms with van der Waals surface area (Å²) in [5.74, 6) is -2.66. The van der Waals surface area contributed by atoms with Crippen LogP contribution in [0.3, 0.4) is 0 Å². The van der Waals surface area contributed by atoms with E-state index in [2.05, 4.69) is 6.92 Å². The average molecular weight is 517 g/mol. The number of cyclic esters (lactones) is 1. The molecule has 36 heavy (non-hydrogen) atoms. The van der Waals surface area contributed by atoms with Crippen LogP contribution in [0.15, 0.2) is 11.5 Å². The average Bonchev–Trinajstić information content (AvgIpc) is 3.16. The van der Waals surface area contributed by atoms with E-state index in [-0.39, 0.29) is 6.42 Å². The Hall–Kier alpha value is -1.84. The van der Waals surface area contributed by atoms with Crippen LogP contribution in [0.5, 0.6) is 0 Å². The Balaban J connectivity index is 2.03. The molecule has 1 unspecified atom stereocenters. The first-order valence-electron chi connectivity index (χ1n) is 13.8. The Morgan fingerprint density at radius 2 is 1.36 bits per heavy atom. The largest absolute Gasteiger partial charge is 0.505 e. The Bertz CT molecular complexity index is 635. The second kappa shape index (κ2) is 20.2. The molecule has 0 radical (unpaired) electrons. The fourth-order valence-corrected chi connectivity index (χ4v) is 4.06. The van der Waals surface area contributed by atoms with Crippen molar-refractivity contribution in [1.29, 1.82) is 0 Å². The Morgan fingerprint density at radius 3 is 1.86 bits per heavy atom. The summed E-state index contributed by atoms with van der Waals surface area (Å²) in [6.07, 6.45) is 14.7. The van der Waals surface area contributed by atoms with E-state index >= 15 is 0 Å². The predicted molar refractivity (Wildman–Crippen MR) is 135 cm³/mol. The number of hydrogen-bond acceptors (Lipinski definition) is 9. The fourth-order valence-electron chi connectivity index (χ4n) is 4.06. The summed E-state index contributed by atoms with van der Waals surface area (Å²) in [7, 11) is 0. The van der Waals surface area contributed by atoms with Gasteiger partial charge in [0.15, 0.2) is 11.9 Å². The molecule has 210 valence electrons. The van der Waals surface area contributed by atoms with Gasteiger partial charge in [0.25, 0.3) is 0 Å². The molecule has 0 amide bonds. The minimum absolute atomic E-state index is 0.241. The molecule has 0 spiro atoms. The SMILES string of the molecule is CCCCCCCCCCCCCCCCCC(=O)OC[C@H](O)[C@H]1OC(=O)C(OCC(O)CO)=C1O. The lowest BCUT2D eigenvalue weighted by Gasteiger charge is -2.17. The molecule has 3 atom stereocenters. The lowest BCUT2D eigenvalue weighted by molar-refractivity contribution is -0.155. The van der Waals surface area contributed by atoms with Crippen LogP contribution in [0.4, 0.5) is 0 Å². The van der Waals surface area contributed by atoms with Crippen molar-refractivity contribution in [2.24, 2.45) is 0 Å². The van der Waals surface area contributed by atoms with Crippen molar-refractivity contribution in [1.82, 2.24) is 0 Å². The molecule has 0 saturated carbocycles. The molecule has 1 rings (SSSR count). The van der Waals surface area contributed by atoms with E-state index in [4.69, 9.17) is 19.3 Å². The third kappa shape index (κ3) is 14.0. The molecule has 0 fully saturated rings. The van der Waals surface area contributed by atoms with Gasteiger partial charge in [-0.15, -0.1) is 0 Å². The van der Waals surface area contributed by atoms with Crippen molar-refractivity contribution in [2.75, 3.05) is 19.8 Å². The van der Waals surface area contributed by atoms with Crippen molar-refractivity contribution in [3.8, 4) is 0 Å². The van der Waals surface area contributed by atoms with E-state index in [1.54, 1.807) is 0 Å². The highest BCUT2D eigenvalue weighted by molar-refractivity contribution is 5.89. The van der Waals surface area contributed by atoms with E-state index in [0.717, 1.165) is 12.8 Å². The second-order valence-electron chi connectivity index (χ2n) is 9.64. The van der Waals surface area contributed by atoms with Crippen molar-refractivity contribution in [2.45, 2.75) is 128 Å². The van der Waals surface area contributed by atoms with Gasteiger partial charge < -0.3 is 34.6 Å². The number of ether oxygens (including phenoxy) is 3. The van der Waals surface area contributed by atoms with E-state index in [1.807, 2.05) is 0 Å². The number of esters is 2. The van der Waals surface area contributed by atoms with Gasteiger partial charge in [-0.3, -0.25) is 4.79 Å². The van der Waals surface area contributed by atoms with Gasteiger partial charge >= 0.3 is 11.9 Å². The summed E-state index contributed by atoms with van der Waals surface area (Å²) in [5, 5.41) is 38.2. The van der Waals surface area contributed by atoms with Crippen molar-refractivity contribution >= 4 is 11.9 Å². The van der Waals surface area contributed by atoms with Crippen LogP contribution in [-0.2, 0) is 23.8 Å². The van der Waals surface area contributed by atoms with Crippen LogP contribution >= 0.6 is 0 Å².